The molecule has 6 heteroatoms. The monoisotopic (exact) mass is 411 g/mol. The molecule has 0 saturated heterocycles. The maximum absolute atomic E-state index is 9.70. The molecule has 6 nitrogen and oxygen atoms in total. The van der Waals surface area contributed by atoms with Gasteiger partial charge in [-0.3, -0.25) is 0 Å². The maximum Gasteiger partial charge on any atom is 0.191 e. The fourth-order valence-electron chi connectivity index (χ4n) is 3.57. The molecule has 0 aliphatic heterocycles. The lowest BCUT2D eigenvalue weighted by atomic mass is 9.93. The third-order valence-corrected chi connectivity index (χ3v) is 5.27. The minimum atomic E-state index is -0.155. The van der Waals surface area contributed by atoms with Gasteiger partial charge < -0.3 is 25.2 Å². The van der Waals surface area contributed by atoms with E-state index in [2.05, 4.69) is 17.6 Å². The van der Waals surface area contributed by atoms with Gasteiger partial charge >= 0.3 is 0 Å². The van der Waals surface area contributed by atoms with Crippen molar-refractivity contribution in [2.24, 2.45) is 4.99 Å². The SMILES string of the molecule is CCNC(=NCc1ccc(OCc2ccccc2)c(OC)c1)NC1CCC(O)CC1. The van der Waals surface area contributed by atoms with E-state index >= 15 is 0 Å². The fraction of sp³-hybridized carbons (Fsp3) is 0.458. The molecule has 2 aromatic carbocycles. The fourth-order valence-corrected chi connectivity index (χ4v) is 3.57. The number of nitrogens with one attached hydrogen (secondary N) is 2. The Morgan fingerprint density at radius 2 is 1.80 bits per heavy atom. The van der Waals surface area contributed by atoms with Gasteiger partial charge in [0.05, 0.1) is 19.8 Å². The summed E-state index contributed by atoms with van der Waals surface area (Å²) in [6.45, 7) is 3.90. The van der Waals surface area contributed by atoms with Crippen LogP contribution in [0, 0.1) is 0 Å². The topological polar surface area (TPSA) is 75.1 Å². The van der Waals surface area contributed by atoms with Crippen LogP contribution in [0.5, 0.6) is 11.5 Å². The molecule has 0 heterocycles. The van der Waals surface area contributed by atoms with E-state index in [4.69, 9.17) is 14.5 Å². The van der Waals surface area contributed by atoms with E-state index in [1.54, 1.807) is 7.11 Å². The highest BCUT2D eigenvalue weighted by molar-refractivity contribution is 5.80. The Morgan fingerprint density at radius 1 is 1.03 bits per heavy atom. The zero-order valence-electron chi connectivity index (χ0n) is 17.9. The summed E-state index contributed by atoms with van der Waals surface area (Å²) in [6.07, 6.45) is 3.47. The second-order valence-corrected chi connectivity index (χ2v) is 7.60. The lowest BCUT2D eigenvalue weighted by molar-refractivity contribution is 0.120. The number of rotatable bonds is 8. The highest BCUT2D eigenvalue weighted by atomic mass is 16.5. The lowest BCUT2D eigenvalue weighted by Gasteiger charge is -2.27. The quantitative estimate of drug-likeness (QED) is 0.457. The van der Waals surface area contributed by atoms with E-state index in [1.807, 2.05) is 48.5 Å². The van der Waals surface area contributed by atoms with Crippen LogP contribution in [0.15, 0.2) is 53.5 Å². The number of aliphatic imine (C=N–C) groups is 1. The molecule has 0 aromatic heterocycles. The Balaban J connectivity index is 1.61. The Kier molecular flexibility index (Phi) is 8.39. The van der Waals surface area contributed by atoms with Crippen LogP contribution >= 0.6 is 0 Å². The van der Waals surface area contributed by atoms with Crippen molar-refractivity contribution < 1.29 is 14.6 Å². The summed E-state index contributed by atoms with van der Waals surface area (Å²) in [7, 11) is 1.65. The zero-order chi connectivity index (χ0) is 21.2. The van der Waals surface area contributed by atoms with Crippen LogP contribution in [0.2, 0.25) is 0 Å². The number of hydrogen-bond donors (Lipinski definition) is 3. The molecule has 30 heavy (non-hydrogen) atoms. The zero-order valence-corrected chi connectivity index (χ0v) is 17.9. The van der Waals surface area contributed by atoms with Gasteiger partial charge in [-0.1, -0.05) is 36.4 Å². The minimum Gasteiger partial charge on any atom is -0.493 e. The summed E-state index contributed by atoms with van der Waals surface area (Å²) in [4.78, 5) is 4.73. The van der Waals surface area contributed by atoms with Gasteiger partial charge in [-0.05, 0) is 55.9 Å². The molecule has 0 radical (unpaired) electrons. The van der Waals surface area contributed by atoms with Crippen LogP contribution < -0.4 is 20.1 Å². The Bertz CT molecular complexity index is 803. The smallest absolute Gasteiger partial charge is 0.191 e. The van der Waals surface area contributed by atoms with Gasteiger partial charge in [-0.15, -0.1) is 0 Å². The van der Waals surface area contributed by atoms with Crippen molar-refractivity contribution in [2.45, 2.75) is 57.9 Å². The number of guanidine groups is 1. The summed E-state index contributed by atoms with van der Waals surface area (Å²) in [5.74, 6) is 2.24. The van der Waals surface area contributed by atoms with Crippen molar-refractivity contribution in [3.63, 3.8) is 0 Å². The number of benzene rings is 2. The van der Waals surface area contributed by atoms with Crippen molar-refractivity contribution in [3.8, 4) is 11.5 Å². The molecule has 0 bridgehead atoms. The average Bonchev–Trinajstić information content (AvgIpc) is 2.78. The predicted molar refractivity (Wildman–Crippen MR) is 120 cm³/mol. The molecule has 3 N–H and O–H groups in total. The van der Waals surface area contributed by atoms with Gasteiger partial charge in [0, 0.05) is 12.6 Å². The molecule has 0 amide bonds. The van der Waals surface area contributed by atoms with Crippen molar-refractivity contribution in [2.75, 3.05) is 13.7 Å². The van der Waals surface area contributed by atoms with Crippen LogP contribution in [0.3, 0.4) is 0 Å². The molecule has 2 aromatic rings. The minimum absolute atomic E-state index is 0.155. The standard InChI is InChI=1S/C24H33N3O3/c1-3-25-24(27-20-10-12-21(28)13-11-20)26-16-19-9-14-22(23(15-19)29-2)30-17-18-7-5-4-6-8-18/h4-9,14-15,20-21,28H,3,10-13,16-17H2,1-2H3,(H2,25,26,27). The van der Waals surface area contributed by atoms with Gasteiger partial charge in [-0.2, -0.15) is 0 Å². The van der Waals surface area contributed by atoms with Crippen LogP contribution in [0.1, 0.15) is 43.7 Å². The van der Waals surface area contributed by atoms with Crippen LogP contribution in [-0.4, -0.2) is 36.9 Å². The van der Waals surface area contributed by atoms with Gasteiger partial charge in [0.15, 0.2) is 17.5 Å². The molecule has 1 saturated carbocycles. The summed E-state index contributed by atoms with van der Waals surface area (Å²) in [5.41, 5.74) is 2.17. The van der Waals surface area contributed by atoms with Crippen molar-refractivity contribution in [1.82, 2.24) is 10.6 Å². The average molecular weight is 412 g/mol. The molecule has 1 aliphatic carbocycles. The second kappa shape index (κ2) is 11.5. The van der Waals surface area contributed by atoms with Crippen LogP contribution in [-0.2, 0) is 13.2 Å². The molecule has 0 unspecified atom stereocenters. The lowest BCUT2D eigenvalue weighted by Crippen LogP contribution is -2.45. The Labute approximate surface area is 179 Å². The summed E-state index contributed by atoms with van der Waals surface area (Å²) >= 11 is 0. The summed E-state index contributed by atoms with van der Waals surface area (Å²) < 4.78 is 11.5. The Morgan fingerprint density at radius 3 is 2.50 bits per heavy atom. The number of aliphatic hydroxyl groups is 1. The van der Waals surface area contributed by atoms with Gasteiger partial charge in [0.1, 0.15) is 6.61 Å². The van der Waals surface area contributed by atoms with Crippen LogP contribution in [0.4, 0.5) is 0 Å². The third-order valence-electron chi connectivity index (χ3n) is 5.27. The molecular formula is C24H33N3O3. The van der Waals surface area contributed by atoms with Gasteiger partial charge in [-0.25, -0.2) is 4.99 Å². The first kappa shape index (κ1) is 22.0. The van der Waals surface area contributed by atoms with Crippen LogP contribution in [0.25, 0.3) is 0 Å². The largest absolute Gasteiger partial charge is 0.493 e. The number of aliphatic hydroxyl groups excluding tert-OH is 1. The molecule has 3 rings (SSSR count). The number of ether oxygens (including phenoxy) is 2. The van der Waals surface area contributed by atoms with Crippen molar-refractivity contribution in [1.29, 1.82) is 0 Å². The molecule has 0 atom stereocenters. The normalized spacial score (nSPS) is 19.2. The van der Waals surface area contributed by atoms with E-state index in [1.165, 1.54) is 0 Å². The number of methoxy groups -OCH3 is 1. The molecule has 1 aliphatic rings. The first-order chi connectivity index (χ1) is 14.7. The number of hydrogen-bond acceptors (Lipinski definition) is 4. The highest BCUT2D eigenvalue weighted by Crippen LogP contribution is 2.29. The van der Waals surface area contributed by atoms with E-state index in [0.29, 0.717) is 24.9 Å². The van der Waals surface area contributed by atoms with E-state index < -0.39 is 0 Å². The molecular weight excluding hydrogens is 378 g/mol. The maximum atomic E-state index is 9.70. The van der Waals surface area contributed by atoms with Crippen molar-refractivity contribution in [3.05, 3.63) is 59.7 Å². The molecule has 0 spiro atoms. The van der Waals surface area contributed by atoms with E-state index in [-0.39, 0.29) is 6.10 Å². The summed E-state index contributed by atoms with van der Waals surface area (Å²) in [5, 5.41) is 16.5. The van der Waals surface area contributed by atoms with Crippen molar-refractivity contribution >= 4 is 5.96 Å². The van der Waals surface area contributed by atoms with E-state index in [0.717, 1.165) is 55.1 Å². The number of nitrogens with zero attached hydrogens (tertiary/aromatic N) is 1. The van der Waals surface area contributed by atoms with Gasteiger partial charge in [0.25, 0.3) is 0 Å². The summed E-state index contributed by atoms with van der Waals surface area (Å²) in [6, 6.07) is 16.4. The third kappa shape index (κ3) is 6.66. The second-order valence-electron chi connectivity index (χ2n) is 7.60. The molecule has 1 fully saturated rings. The van der Waals surface area contributed by atoms with E-state index in [9.17, 15) is 5.11 Å². The predicted octanol–water partition coefficient (Wildman–Crippen LogP) is 3.63. The first-order valence-corrected chi connectivity index (χ1v) is 10.7. The Hall–Kier alpha value is -2.73. The first-order valence-electron chi connectivity index (χ1n) is 10.7. The molecule has 162 valence electrons. The van der Waals surface area contributed by atoms with Gasteiger partial charge in [0.2, 0.25) is 0 Å². The highest BCUT2D eigenvalue weighted by Gasteiger charge is 2.20.